The van der Waals surface area contributed by atoms with Crippen molar-refractivity contribution in [2.24, 2.45) is 5.41 Å². The fraction of sp³-hybridized carbons (Fsp3) is 0.818. The average molecular weight is 286 g/mol. The molecule has 1 N–H and O–H groups in total. The molecule has 1 aliphatic heterocycles. The van der Waals surface area contributed by atoms with Gasteiger partial charge in [0, 0.05) is 32.7 Å². The molecule has 1 heterocycles. The third-order valence-corrected chi connectivity index (χ3v) is 3.29. The quantitative estimate of drug-likeness (QED) is 0.600. The van der Waals surface area contributed by atoms with Crippen molar-refractivity contribution >= 4 is 0 Å². The predicted octanol–water partition coefficient (Wildman–Crippen LogP) is 0.845. The van der Waals surface area contributed by atoms with Crippen LogP contribution < -0.4 is 0 Å². The molecule has 0 aromatic carbocycles. The van der Waals surface area contributed by atoms with Crippen LogP contribution in [-0.4, -0.2) is 42.9 Å². The standard InChI is InChI=1S/C11H19NO2.Y/c1-2-12-8-10(14-7-3-6-13)11(9-12)4-5-11;/h3,13H,2,4-9H2,1H3;/q-2;. The number of hydrogen-bond donors (Lipinski definition) is 1. The molecule has 1 saturated heterocycles. The third-order valence-electron chi connectivity index (χ3n) is 3.29. The summed E-state index contributed by atoms with van der Waals surface area (Å²) in [5.41, 5.74) is 0.402. The van der Waals surface area contributed by atoms with Crippen LogP contribution in [0.5, 0.6) is 0 Å². The van der Waals surface area contributed by atoms with E-state index in [-0.39, 0.29) is 39.3 Å². The van der Waals surface area contributed by atoms with Crippen LogP contribution in [0.4, 0.5) is 0 Å². The minimum Gasteiger partial charge on any atom is -0.573 e. The van der Waals surface area contributed by atoms with E-state index in [9.17, 15) is 0 Å². The molecule has 1 radical (unpaired) electrons. The molecule has 0 unspecified atom stereocenters. The Kier molecular flexibility index (Phi) is 5.68. The van der Waals surface area contributed by atoms with Crippen molar-refractivity contribution in [3.05, 3.63) is 12.5 Å². The van der Waals surface area contributed by atoms with Crippen LogP contribution in [0.2, 0.25) is 0 Å². The van der Waals surface area contributed by atoms with Crippen LogP contribution in [-0.2, 0) is 37.4 Å². The molecule has 1 spiro atoms. The van der Waals surface area contributed by atoms with Gasteiger partial charge in [0.25, 0.3) is 0 Å². The molecule has 2 aliphatic rings. The molecular formula is C11H19NO2Y-2. The van der Waals surface area contributed by atoms with Gasteiger partial charge in [0.2, 0.25) is 0 Å². The van der Waals surface area contributed by atoms with E-state index < -0.39 is 0 Å². The van der Waals surface area contributed by atoms with Gasteiger partial charge in [-0.2, -0.15) is 6.10 Å². The minimum absolute atomic E-state index is 0. The number of aliphatic hydroxyl groups is 1. The summed E-state index contributed by atoms with van der Waals surface area (Å²) in [5, 5.41) is 8.63. The first kappa shape index (κ1) is 14.0. The molecule has 4 heteroatoms. The van der Waals surface area contributed by atoms with Crippen LogP contribution in [0.3, 0.4) is 0 Å². The van der Waals surface area contributed by atoms with Crippen molar-refractivity contribution < 1.29 is 42.6 Å². The van der Waals surface area contributed by atoms with Gasteiger partial charge in [-0.1, -0.05) is 26.4 Å². The SMILES string of the molecule is CCN1C[C-](OC[CH-]CO)C2(CC2)C1.[Y]. The van der Waals surface area contributed by atoms with E-state index in [0.29, 0.717) is 12.0 Å². The average Bonchev–Trinajstić information content (AvgIpc) is 2.86. The molecule has 0 amide bonds. The van der Waals surface area contributed by atoms with E-state index in [1.165, 1.54) is 25.5 Å². The number of likely N-dealkylation sites (tertiary alicyclic amines) is 1. The Balaban J connectivity index is 0.00000112. The van der Waals surface area contributed by atoms with Crippen molar-refractivity contribution in [2.75, 3.05) is 32.8 Å². The number of rotatable bonds is 5. The first-order valence-corrected chi connectivity index (χ1v) is 5.45. The van der Waals surface area contributed by atoms with Gasteiger partial charge in [-0.3, -0.25) is 6.42 Å². The van der Waals surface area contributed by atoms with Gasteiger partial charge in [0.05, 0.1) is 0 Å². The fourth-order valence-corrected chi connectivity index (χ4v) is 2.17. The van der Waals surface area contributed by atoms with Crippen molar-refractivity contribution in [3.63, 3.8) is 0 Å². The molecule has 2 fully saturated rings. The summed E-state index contributed by atoms with van der Waals surface area (Å²) in [6, 6.07) is 0. The summed E-state index contributed by atoms with van der Waals surface area (Å²) in [6.07, 6.45) is 5.59. The Labute approximate surface area is 117 Å². The van der Waals surface area contributed by atoms with Crippen molar-refractivity contribution in [3.8, 4) is 0 Å². The van der Waals surface area contributed by atoms with Crippen LogP contribution in [0, 0.1) is 17.9 Å². The van der Waals surface area contributed by atoms with E-state index in [1.807, 2.05) is 0 Å². The molecular weight excluding hydrogens is 267 g/mol. The first-order valence-electron chi connectivity index (χ1n) is 5.45. The normalized spacial score (nSPS) is 24.4. The van der Waals surface area contributed by atoms with Gasteiger partial charge in [0.15, 0.2) is 0 Å². The van der Waals surface area contributed by atoms with Crippen molar-refractivity contribution in [2.45, 2.75) is 19.8 Å². The Bertz CT molecular complexity index is 197. The molecule has 15 heavy (non-hydrogen) atoms. The first-order chi connectivity index (χ1) is 6.80. The van der Waals surface area contributed by atoms with Gasteiger partial charge in [0.1, 0.15) is 0 Å². The zero-order valence-corrected chi connectivity index (χ0v) is 12.2. The number of nitrogens with zero attached hydrogens (tertiary/aromatic N) is 1. The molecule has 3 nitrogen and oxygen atoms in total. The fourth-order valence-electron chi connectivity index (χ4n) is 2.17. The number of likely N-dealkylation sites (N-methyl/N-ethyl adjacent to an activating group) is 1. The van der Waals surface area contributed by atoms with E-state index in [4.69, 9.17) is 9.84 Å². The molecule has 0 bridgehead atoms. The third kappa shape index (κ3) is 3.23. The maximum absolute atomic E-state index is 8.63. The maximum Gasteiger partial charge on any atom is 0 e. The molecule has 0 atom stereocenters. The molecule has 85 valence electrons. The van der Waals surface area contributed by atoms with Gasteiger partial charge in [-0.05, 0) is 13.1 Å². The monoisotopic (exact) mass is 286 g/mol. The summed E-state index contributed by atoms with van der Waals surface area (Å²) in [4.78, 5) is 2.43. The zero-order valence-electron chi connectivity index (χ0n) is 9.41. The summed E-state index contributed by atoms with van der Waals surface area (Å²) in [5.74, 6) is 0. The molecule has 2 rings (SSSR count). The summed E-state index contributed by atoms with van der Waals surface area (Å²) < 4.78 is 5.71. The zero-order chi connectivity index (χ0) is 10.0. The second-order valence-corrected chi connectivity index (χ2v) is 4.29. The summed E-state index contributed by atoms with van der Waals surface area (Å²) in [7, 11) is 0. The minimum atomic E-state index is 0. The molecule has 0 aromatic rings. The van der Waals surface area contributed by atoms with Gasteiger partial charge in [-0.15, -0.1) is 18.6 Å². The van der Waals surface area contributed by atoms with Gasteiger partial charge >= 0.3 is 0 Å². The second-order valence-electron chi connectivity index (χ2n) is 4.29. The largest absolute Gasteiger partial charge is 0.573 e. The van der Waals surface area contributed by atoms with E-state index in [2.05, 4.69) is 11.8 Å². The molecule has 1 aliphatic carbocycles. The Hall–Kier alpha value is 0.984. The number of aliphatic hydroxyl groups excluding tert-OH is 1. The summed E-state index contributed by atoms with van der Waals surface area (Å²) >= 11 is 0. The van der Waals surface area contributed by atoms with E-state index in [0.717, 1.165) is 13.1 Å². The van der Waals surface area contributed by atoms with Crippen molar-refractivity contribution in [1.29, 1.82) is 0 Å². The van der Waals surface area contributed by atoms with E-state index >= 15 is 0 Å². The van der Waals surface area contributed by atoms with Gasteiger partial charge in [-0.25, -0.2) is 0 Å². The van der Waals surface area contributed by atoms with Gasteiger partial charge < -0.3 is 14.7 Å². The van der Waals surface area contributed by atoms with E-state index in [1.54, 1.807) is 6.42 Å². The Morgan fingerprint density at radius 3 is 2.80 bits per heavy atom. The number of ether oxygens (including phenoxy) is 1. The van der Waals surface area contributed by atoms with Crippen molar-refractivity contribution in [1.82, 2.24) is 4.90 Å². The topological polar surface area (TPSA) is 32.7 Å². The second kappa shape index (κ2) is 6.06. The molecule has 1 saturated carbocycles. The summed E-state index contributed by atoms with van der Waals surface area (Å²) in [6.45, 7) is 6.15. The Morgan fingerprint density at radius 2 is 2.27 bits per heavy atom. The molecule has 0 aromatic heterocycles. The van der Waals surface area contributed by atoms with Crippen LogP contribution in [0.15, 0.2) is 0 Å². The Morgan fingerprint density at radius 1 is 1.53 bits per heavy atom. The predicted molar refractivity (Wildman–Crippen MR) is 54.4 cm³/mol. The van der Waals surface area contributed by atoms with Crippen LogP contribution in [0.25, 0.3) is 0 Å². The van der Waals surface area contributed by atoms with Crippen LogP contribution in [0.1, 0.15) is 19.8 Å². The maximum atomic E-state index is 8.63. The van der Waals surface area contributed by atoms with Crippen LogP contribution >= 0.6 is 0 Å². The smallest absolute Gasteiger partial charge is 0 e. The number of hydrogen-bond acceptors (Lipinski definition) is 3.